The summed E-state index contributed by atoms with van der Waals surface area (Å²) in [5.74, 6) is 0.453. The van der Waals surface area contributed by atoms with Gasteiger partial charge in [-0.15, -0.1) is 11.3 Å². The van der Waals surface area contributed by atoms with E-state index in [1.807, 2.05) is 22.8 Å². The first-order valence-electron chi connectivity index (χ1n) is 14.8. The molecule has 9 nitrogen and oxygen atoms in total. The molecular formula is C32H33ClN8OS. The van der Waals surface area contributed by atoms with Crippen LogP contribution in [0.1, 0.15) is 44.6 Å². The van der Waals surface area contributed by atoms with Crippen LogP contribution in [0, 0.1) is 0 Å². The Hall–Kier alpha value is -3.86. The number of pyridine rings is 2. The van der Waals surface area contributed by atoms with Crippen LogP contribution < -0.4 is 16.2 Å². The highest BCUT2D eigenvalue weighted by atomic mass is 35.5. The highest BCUT2D eigenvalue weighted by Crippen LogP contribution is 2.35. The number of hydrogen-bond donors (Lipinski definition) is 2. The van der Waals surface area contributed by atoms with Crippen molar-refractivity contribution in [1.29, 1.82) is 0 Å². The molecule has 0 bridgehead atoms. The van der Waals surface area contributed by atoms with Crippen molar-refractivity contribution in [2.45, 2.75) is 50.6 Å². The summed E-state index contributed by atoms with van der Waals surface area (Å²) < 4.78 is 1.85. The average molecular weight is 613 g/mol. The van der Waals surface area contributed by atoms with Crippen molar-refractivity contribution in [3.05, 3.63) is 75.9 Å². The molecule has 7 rings (SSSR count). The molecule has 1 atom stereocenters. The van der Waals surface area contributed by atoms with Gasteiger partial charge < -0.3 is 15.5 Å². The zero-order valence-electron chi connectivity index (χ0n) is 24.0. The Morgan fingerprint density at radius 1 is 0.953 bits per heavy atom. The lowest BCUT2D eigenvalue weighted by molar-refractivity contribution is 0.261. The third kappa shape index (κ3) is 5.87. The number of benzene rings is 1. The van der Waals surface area contributed by atoms with Crippen LogP contribution in [0.3, 0.4) is 0 Å². The van der Waals surface area contributed by atoms with E-state index in [0.29, 0.717) is 33.8 Å². The van der Waals surface area contributed by atoms with Crippen molar-refractivity contribution < 1.29 is 0 Å². The van der Waals surface area contributed by atoms with E-state index >= 15 is 0 Å². The van der Waals surface area contributed by atoms with Crippen LogP contribution in [0.15, 0.2) is 65.3 Å². The molecule has 1 aliphatic heterocycles. The van der Waals surface area contributed by atoms with Crippen LogP contribution in [0.25, 0.3) is 32.7 Å². The largest absolute Gasteiger partial charge is 0.381 e. The second-order valence-corrected chi connectivity index (χ2v) is 12.8. The average Bonchev–Trinajstić information content (AvgIpc) is 3.74. The first kappa shape index (κ1) is 27.9. The molecule has 11 heteroatoms. The predicted molar refractivity (Wildman–Crippen MR) is 175 cm³/mol. The highest BCUT2D eigenvalue weighted by molar-refractivity contribution is 7.13. The SMILES string of the molecule is CN1CCCC(Nc2ccc(Nc3ncc4cc(-c5cnc(-c6cncs6)cc5Cl)c(=O)n(C5CCCC5)c4n3)cc2)C1. The van der Waals surface area contributed by atoms with Gasteiger partial charge in [0, 0.05) is 59.5 Å². The van der Waals surface area contributed by atoms with Gasteiger partial charge in [-0.25, -0.2) is 4.98 Å². The second-order valence-electron chi connectivity index (χ2n) is 11.5. The molecule has 5 aromatic rings. The first-order chi connectivity index (χ1) is 21.0. The summed E-state index contributed by atoms with van der Waals surface area (Å²) in [5.41, 5.74) is 6.10. The van der Waals surface area contributed by atoms with Gasteiger partial charge in [0.25, 0.3) is 5.56 Å². The van der Waals surface area contributed by atoms with Crippen LogP contribution in [0.5, 0.6) is 0 Å². The van der Waals surface area contributed by atoms with Gasteiger partial charge in [0.15, 0.2) is 0 Å². The number of piperidine rings is 1. The standard InChI is InChI=1S/C32H33ClN8OS/c1-40-12-4-5-23(18-40)37-21-8-10-22(11-9-21)38-32-36-15-20-13-25(31(42)41(30(20)39-32)24-6-2-3-7-24)26-16-35-28(14-27(26)33)29-17-34-19-43-29/h8-11,13-17,19,23-24,37H,2-7,12,18H2,1H3,(H,36,38,39). The minimum Gasteiger partial charge on any atom is -0.381 e. The van der Waals surface area contributed by atoms with Crippen molar-refractivity contribution in [1.82, 2.24) is 29.4 Å². The zero-order chi connectivity index (χ0) is 29.3. The molecule has 1 saturated carbocycles. The van der Waals surface area contributed by atoms with Gasteiger partial charge in [0.2, 0.25) is 5.95 Å². The molecule has 0 spiro atoms. The number of fused-ring (bicyclic) bond motifs is 1. The molecule has 0 radical (unpaired) electrons. The number of rotatable bonds is 7. The van der Waals surface area contributed by atoms with Crippen LogP contribution in [0.4, 0.5) is 17.3 Å². The van der Waals surface area contributed by atoms with Crippen molar-refractivity contribution in [3.63, 3.8) is 0 Å². The maximum absolute atomic E-state index is 14.1. The summed E-state index contributed by atoms with van der Waals surface area (Å²) in [5, 5.41) is 8.24. The number of nitrogens with one attached hydrogen (secondary N) is 2. The number of likely N-dealkylation sites (N-methyl/N-ethyl adjacent to an activating group) is 1. The second kappa shape index (κ2) is 12.0. The maximum atomic E-state index is 14.1. The Balaban J connectivity index is 1.20. The van der Waals surface area contributed by atoms with E-state index in [-0.39, 0.29) is 11.6 Å². The fraction of sp³-hybridized carbons (Fsp3) is 0.344. The molecular weight excluding hydrogens is 580 g/mol. The third-order valence-electron chi connectivity index (χ3n) is 8.43. The van der Waals surface area contributed by atoms with Crippen molar-refractivity contribution in [3.8, 4) is 21.7 Å². The van der Waals surface area contributed by atoms with Gasteiger partial charge >= 0.3 is 0 Å². The normalized spacial score (nSPS) is 17.9. The molecule has 5 heterocycles. The Labute approximate surface area is 259 Å². The highest BCUT2D eigenvalue weighted by Gasteiger charge is 2.24. The third-order valence-corrected chi connectivity index (χ3v) is 9.54. The molecule has 1 aromatic carbocycles. The van der Waals surface area contributed by atoms with E-state index in [0.717, 1.165) is 66.1 Å². The number of anilines is 3. The summed E-state index contributed by atoms with van der Waals surface area (Å²) in [4.78, 5) is 35.6. The van der Waals surface area contributed by atoms with E-state index in [2.05, 4.69) is 49.7 Å². The van der Waals surface area contributed by atoms with Gasteiger partial charge in [-0.2, -0.15) is 4.98 Å². The smallest absolute Gasteiger partial charge is 0.260 e. The summed E-state index contributed by atoms with van der Waals surface area (Å²) in [7, 11) is 2.17. The number of halogens is 1. The zero-order valence-corrected chi connectivity index (χ0v) is 25.5. The fourth-order valence-corrected chi connectivity index (χ4v) is 7.12. The Morgan fingerprint density at radius 2 is 1.77 bits per heavy atom. The van der Waals surface area contributed by atoms with Crippen molar-refractivity contribution >= 4 is 51.3 Å². The van der Waals surface area contributed by atoms with E-state index in [9.17, 15) is 4.79 Å². The fourth-order valence-electron chi connectivity index (χ4n) is 6.28. The first-order valence-corrected chi connectivity index (χ1v) is 16.1. The van der Waals surface area contributed by atoms with Crippen molar-refractivity contribution in [2.24, 2.45) is 0 Å². The lowest BCUT2D eigenvalue weighted by atomic mass is 10.1. The van der Waals surface area contributed by atoms with Crippen molar-refractivity contribution in [2.75, 3.05) is 30.8 Å². The number of hydrogen-bond acceptors (Lipinski definition) is 9. The Bertz CT molecular complexity index is 1800. The van der Waals surface area contributed by atoms with Crippen LogP contribution in [0.2, 0.25) is 5.02 Å². The molecule has 2 aliphatic rings. The summed E-state index contributed by atoms with van der Waals surface area (Å²) in [6, 6.07) is 12.4. The quantitative estimate of drug-likeness (QED) is 0.203. The lowest BCUT2D eigenvalue weighted by Crippen LogP contribution is -2.39. The number of likely N-dealkylation sites (tertiary alicyclic amines) is 1. The molecule has 4 aromatic heterocycles. The number of aromatic nitrogens is 5. The predicted octanol–water partition coefficient (Wildman–Crippen LogP) is 7.00. The van der Waals surface area contributed by atoms with E-state index < -0.39 is 0 Å². The molecule has 1 unspecified atom stereocenters. The summed E-state index contributed by atoms with van der Waals surface area (Å²) >= 11 is 8.25. The lowest BCUT2D eigenvalue weighted by Gasteiger charge is -2.30. The van der Waals surface area contributed by atoms with Gasteiger partial charge in [-0.05, 0) is 75.7 Å². The number of thiazole rings is 1. The van der Waals surface area contributed by atoms with Crippen LogP contribution >= 0.6 is 22.9 Å². The minimum absolute atomic E-state index is 0.0742. The molecule has 2 N–H and O–H groups in total. The van der Waals surface area contributed by atoms with Crippen LogP contribution in [-0.2, 0) is 0 Å². The molecule has 43 heavy (non-hydrogen) atoms. The monoisotopic (exact) mass is 612 g/mol. The molecule has 220 valence electrons. The number of nitrogens with zero attached hydrogens (tertiary/aromatic N) is 6. The topological polar surface area (TPSA) is 101 Å². The van der Waals surface area contributed by atoms with Gasteiger partial charge in [0.1, 0.15) is 5.65 Å². The van der Waals surface area contributed by atoms with E-state index in [1.54, 1.807) is 30.2 Å². The van der Waals surface area contributed by atoms with E-state index in [4.69, 9.17) is 16.6 Å². The summed E-state index contributed by atoms with van der Waals surface area (Å²) in [6.45, 7) is 2.21. The Morgan fingerprint density at radius 3 is 2.51 bits per heavy atom. The molecule has 1 saturated heterocycles. The Kier molecular flexibility index (Phi) is 7.81. The van der Waals surface area contributed by atoms with E-state index in [1.165, 1.54) is 24.2 Å². The maximum Gasteiger partial charge on any atom is 0.260 e. The van der Waals surface area contributed by atoms with Gasteiger partial charge in [-0.1, -0.05) is 24.4 Å². The molecule has 0 amide bonds. The van der Waals surface area contributed by atoms with Gasteiger partial charge in [-0.3, -0.25) is 19.3 Å². The molecule has 2 fully saturated rings. The molecule has 1 aliphatic carbocycles. The van der Waals surface area contributed by atoms with Crippen LogP contribution in [-0.4, -0.2) is 55.6 Å². The summed E-state index contributed by atoms with van der Waals surface area (Å²) in [6.07, 6.45) is 11.7. The van der Waals surface area contributed by atoms with Gasteiger partial charge in [0.05, 0.1) is 26.7 Å². The minimum atomic E-state index is -0.109.